The number of rotatable bonds is 4. The highest BCUT2D eigenvalue weighted by Gasteiger charge is 2.33. The number of carbonyl (C=O) groups is 1. The second kappa shape index (κ2) is 7.95. The lowest BCUT2D eigenvalue weighted by molar-refractivity contribution is -0.137. The number of amides is 1. The van der Waals surface area contributed by atoms with Crippen LogP contribution in [0.4, 0.5) is 0 Å². The van der Waals surface area contributed by atoms with Gasteiger partial charge in [-0.25, -0.2) is 4.79 Å². The Morgan fingerprint density at radius 2 is 1.86 bits per heavy atom. The van der Waals surface area contributed by atoms with Crippen LogP contribution in [-0.4, -0.2) is 46.5 Å². The number of fused-ring (bicyclic) bond motifs is 1. The highest BCUT2D eigenvalue weighted by Crippen LogP contribution is 2.29. The Morgan fingerprint density at radius 1 is 1.11 bits per heavy atom. The third-order valence-electron chi connectivity index (χ3n) is 6.10. The minimum atomic E-state index is -0.425. The lowest BCUT2D eigenvalue weighted by Crippen LogP contribution is -2.49. The monoisotopic (exact) mass is 384 g/mol. The molecule has 0 bridgehead atoms. The van der Waals surface area contributed by atoms with E-state index in [1.165, 1.54) is 12.1 Å². The highest BCUT2D eigenvalue weighted by atomic mass is 16.4. The van der Waals surface area contributed by atoms with E-state index in [1.807, 2.05) is 17.9 Å². The molecule has 1 amide bonds. The summed E-state index contributed by atoms with van der Waals surface area (Å²) in [5, 5.41) is 11.0. The van der Waals surface area contributed by atoms with Crippen molar-refractivity contribution in [3.8, 4) is 5.75 Å². The Labute approximate surface area is 164 Å². The number of carbonyl (C=O) groups excluding carboxylic acids is 1. The molecule has 3 heterocycles. The molecule has 2 fully saturated rings. The van der Waals surface area contributed by atoms with Crippen LogP contribution in [0.15, 0.2) is 27.4 Å². The van der Waals surface area contributed by atoms with E-state index < -0.39 is 5.63 Å². The van der Waals surface area contributed by atoms with Crippen LogP contribution in [-0.2, 0) is 17.8 Å². The fourth-order valence-corrected chi connectivity index (χ4v) is 4.55. The van der Waals surface area contributed by atoms with Gasteiger partial charge in [0, 0.05) is 37.2 Å². The number of phenolic OH excluding ortho intramolecular Hbond substituents is 1. The van der Waals surface area contributed by atoms with E-state index in [0.29, 0.717) is 18.5 Å². The van der Waals surface area contributed by atoms with Gasteiger partial charge in [-0.2, -0.15) is 0 Å². The summed E-state index contributed by atoms with van der Waals surface area (Å²) < 4.78 is 5.32. The predicted molar refractivity (Wildman–Crippen MR) is 107 cm³/mol. The van der Waals surface area contributed by atoms with Crippen molar-refractivity contribution in [3.05, 3.63) is 39.7 Å². The number of nitrogens with zero attached hydrogens (tertiary/aromatic N) is 2. The van der Waals surface area contributed by atoms with E-state index in [4.69, 9.17) is 4.42 Å². The van der Waals surface area contributed by atoms with Gasteiger partial charge in [0.25, 0.3) is 0 Å². The molecule has 2 aliphatic heterocycles. The number of piperidine rings is 1. The summed E-state index contributed by atoms with van der Waals surface area (Å²) in [5.74, 6) is 0.381. The number of aromatic hydroxyl groups is 1. The van der Waals surface area contributed by atoms with Crippen LogP contribution in [0.25, 0.3) is 11.0 Å². The molecule has 1 N–H and O–H groups in total. The first-order valence-corrected chi connectivity index (χ1v) is 10.4. The molecule has 0 spiro atoms. The van der Waals surface area contributed by atoms with Gasteiger partial charge >= 0.3 is 5.63 Å². The number of hydrogen-bond acceptors (Lipinski definition) is 5. The zero-order valence-electron chi connectivity index (χ0n) is 16.4. The van der Waals surface area contributed by atoms with Gasteiger partial charge in [0.1, 0.15) is 11.3 Å². The molecule has 0 unspecified atom stereocenters. The highest BCUT2D eigenvalue weighted by molar-refractivity contribution is 5.84. The van der Waals surface area contributed by atoms with Crippen LogP contribution < -0.4 is 5.63 Å². The Morgan fingerprint density at radius 3 is 2.61 bits per heavy atom. The fraction of sp³-hybridized carbons (Fsp3) is 0.545. The first-order valence-electron chi connectivity index (χ1n) is 10.4. The quantitative estimate of drug-likeness (QED) is 0.820. The molecule has 4 rings (SSSR count). The zero-order valence-corrected chi connectivity index (χ0v) is 16.4. The Kier molecular flexibility index (Phi) is 5.40. The van der Waals surface area contributed by atoms with Gasteiger partial charge in [0.2, 0.25) is 5.91 Å². The maximum Gasteiger partial charge on any atom is 0.336 e. The van der Waals surface area contributed by atoms with Gasteiger partial charge in [-0.3, -0.25) is 9.69 Å². The second-order valence-corrected chi connectivity index (χ2v) is 7.94. The summed E-state index contributed by atoms with van der Waals surface area (Å²) >= 11 is 0. The lowest BCUT2D eigenvalue weighted by Gasteiger charge is -2.36. The van der Waals surface area contributed by atoms with E-state index in [0.717, 1.165) is 68.3 Å². The smallest absolute Gasteiger partial charge is 0.336 e. The van der Waals surface area contributed by atoms with Crippen molar-refractivity contribution in [2.45, 2.75) is 58.0 Å². The largest absolute Gasteiger partial charge is 0.508 e. The molecular formula is C22H28N2O4. The molecule has 28 heavy (non-hydrogen) atoms. The van der Waals surface area contributed by atoms with Crippen LogP contribution >= 0.6 is 0 Å². The molecule has 2 aliphatic rings. The first-order chi connectivity index (χ1) is 13.6. The third-order valence-corrected chi connectivity index (χ3v) is 6.10. The zero-order chi connectivity index (χ0) is 19.7. The normalized spacial score (nSPS) is 20.8. The van der Waals surface area contributed by atoms with Crippen molar-refractivity contribution in [1.82, 2.24) is 9.80 Å². The van der Waals surface area contributed by atoms with E-state index in [9.17, 15) is 14.7 Å². The molecule has 1 atom stereocenters. The van der Waals surface area contributed by atoms with Gasteiger partial charge < -0.3 is 14.4 Å². The topological polar surface area (TPSA) is 74.0 Å². The number of hydrogen-bond donors (Lipinski definition) is 1. The van der Waals surface area contributed by atoms with E-state index in [-0.39, 0.29) is 17.7 Å². The van der Waals surface area contributed by atoms with Gasteiger partial charge in [0.05, 0.1) is 6.04 Å². The average Bonchev–Trinajstić information content (AvgIpc) is 3.22. The van der Waals surface area contributed by atoms with Crippen molar-refractivity contribution in [2.24, 2.45) is 0 Å². The van der Waals surface area contributed by atoms with Gasteiger partial charge in [-0.1, -0.05) is 13.3 Å². The molecule has 0 aliphatic carbocycles. The van der Waals surface area contributed by atoms with E-state index in [1.54, 1.807) is 0 Å². The van der Waals surface area contributed by atoms with Crippen molar-refractivity contribution < 1.29 is 14.3 Å². The number of phenols is 1. The molecule has 2 aromatic rings. The lowest BCUT2D eigenvalue weighted by atomic mass is 9.98. The molecule has 150 valence electrons. The van der Waals surface area contributed by atoms with Crippen LogP contribution in [0.3, 0.4) is 0 Å². The van der Waals surface area contributed by atoms with Crippen molar-refractivity contribution in [1.29, 1.82) is 0 Å². The van der Waals surface area contributed by atoms with E-state index in [2.05, 4.69) is 4.90 Å². The fourth-order valence-electron chi connectivity index (χ4n) is 4.55. The second-order valence-electron chi connectivity index (χ2n) is 7.94. The standard InChI is InChI=1S/C22H28N2O4/c1-2-15-11-17-16(12-21(26)28-20(17)13-19(15)25)14-24-10-4-3-7-18(24)22(27)23-8-5-6-9-23/h11-13,18,25H,2-10,14H2,1H3/t18-/m0/s1. The molecule has 2 saturated heterocycles. The van der Waals surface area contributed by atoms with Crippen LogP contribution in [0.5, 0.6) is 5.75 Å². The Bertz CT molecular complexity index is 930. The Balaban J connectivity index is 1.67. The molecule has 0 radical (unpaired) electrons. The number of benzene rings is 1. The van der Waals surface area contributed by atoms with Crippen LogP contribution in [0, 0.1) is 0 Å². The summed E-state index contributed by atoms with van der Waals surface area (Å²) in [6, 6.07) is 4.86. The maximum absolute atomic E-state index is 13.0. The summed E-state index contributed by atoms with van der Waals surface area (Å²) in [7, 11) is 0. The minimum absolute atomic E-state index is 0.114. The van der Waals surface area contributed by atoms with Gasteiger partial charge in [0.15, 0.2) is 0 Å². The summed E-state index contributed by atoms with van der Waals surface area (Å²) in [6.07, 6.45) is 5.87. The summed E-state index contributed by atoms with van der Waals surface area (Å²) in [4.78, 5) is 29.4. The Hall–Kier alpha value is -2.34. The summed E-state index contributed by atoms with van der Waals surface area (Å²) in [5.41, 5.74) is 1.66. The van der Waals surface area contributed by atoms with E-state index >= 15 is 0 Å². The van der Waals surface area contributed by atoms with Gasteiger partial charge in [-0.05, 0) is 55.8 Å². The van der Waals surface area contributed by atoms with Crippen molar-refractivity contribution >= 4 is 16.9 Å². The van der Waals surface area contributed by atoms with Gasteiger partial charge in [-0.15, -0.1) is 0 Å². The first kappa shape index (κ1) is 19.0. The molecule has 1 aromatic carbocycles. The van der Waals surface area contributed by atoms with Crippen LogP contribution in [0.1, 0.15) is 50.2 Å². The summed E-state index contributed by atoms with van der Waals surface area (Å²) in [6.45, 7) is 5.10. The average molecular weight is 384 g/mol. The molecule has 6 heteroatoms. The SMILES string of the molecule is CCc1cc2c(CN3CCCC[C@H]3C(=O)N3CCCC3)cc(=O)oc2cc1O. The predicted octanol–water partition coefficient (Wildman–Crippen LogP) is 3.04. The van der Waals surface area contributed by atoms with Crippen molar-refractivity contribution in [3.63, 3.8) is 0 Å². The minimum Gasteiger partial charge on any atom is -0.508 e. The number of aryl methyl sites for hydroxylation is 1. The van der Waals surface area contributed by atoms with Crippen LogP contribution in [0.2, 0.25) is 0 Å². The molecule has 0 saturated carbocycles. The molecule has 6 nitrogen and oxygen atoms in total. The number of likely N-dealkylation sites (tertiary alicyclic amines) is 2. The van der Waals surface area contributed by atoms with Crippen molar-refractivity contribution in [2.75, 3.05) is 19.6 Å². The molecular weight excluding hydrogens is 356 g/mol. The third kappa shape index (κ3) is 3.65. The molecule has 1 aromatic heterocycles. The maximum atomic E-state index is 13.0.